The molecule has 83 valence electrons. The van der Waals surface area contributed by atoms with Crippen molar-refractivity contribution in [2.24, 2.45) is 5.73 Å². The van der Waals surface area contributed by atoms with Crippen LogP contribution in [0.1, 0.15) is 10.4 Å². The number of hydrogen-bond donors (Lipinski definition) is 4. The lowest BCUT2D eigenvalue weighted by atomic mass is 10.2. The summed E-state index contributed by atoms with van der Waals surface area (Å²) in [5, 5.41) is 11.9. The molecule has 1 aromatic carbocycles. The van der Waals surface area contributed by atoms with E-state index in [1.807, 2.05) is 0 Å². The number of anilines is 1. The van der Waals surface area contributed by atoms with Gasteiger partial charge in [0.1, 0.15) is 12.8 Å². The summed E-state index contributed by atoms with van der Waals surface area (Å²) in [6.45, 7) is 1.01. The second kappa shape index (κ2) is 5.50. The summed E-state index contributed by atoms with van der Waals surface area (Å²) in [5.41, 5.74) is 6.05. The van der Waals surface area contributed by atoms with Crippen molar-refractivity contribution in [3.05, 3.63) is 36.4 Å². The molecule has 0 aliphatic rings. The van der Waals surface area contributed by atoms with Gasteiger partial charge in [-0.3, -0.25) is 10.2 Å². The molecule has 16 heavy (non-hydrogen) atoms. The minimum atomic E-state index is -0.403. The number of carbonyl (C=O) groups excluding carboxylic acids is 2. The van der Waals surface area contributed by atoms with Crippen molar-refractivity contribution in [2.45, 2.75) is 0 Å². The lowest BCUT2D eigenvalue weighted by molar-refractivity contribution is -0.105. The van der Waals surface area contributed by atoms with Crippen LogP contribution in [-0.2, 0) is 4.79 Å². The number of rotatable bonds is 4. The molecule has 6 nitrogen and oxygen atoms in total. The smallest absolute Gasteiger partial charge is 0.252 e. The van der Waals surface area contributed by atoms with Gasteiger partial charge >= 0.3 is 0 Å². The first kappa shape index (κ1) is 11.7. The van der Waals surface area contributed by atoms with Crippen LogP contribution in [0.2, 0.25) is 0 Å². The van der Waals surface area contributed by atoms with Crippen molar-refractivity contribution in [1.29, 1.82) is 5.41 Å². The molecule has 0 aliphatic heterocycles. The minimum Gasteiger partial charge on any atom is -0.370 e. The fourth-order valence-corrected chi connectivity index (χ4v) is 1.09. The first-order valence-electron chi connectivity index (χ1n) is 4.42. The van der Waals surface area contributed by atoms with E-state index in [1.165, 1.54) is 6.07 Å². The molecule has 1 amide bonds. The monoisotopic (exact) mass is 219 g/mol. The standard InChI is InChI=1S/C10H11N4O2/c11-10(12)14-8-3-1-2-7(6-8)9(16)13-4-5-15/h1-6H,(H,13,16)(H4,11,12,14). The number of guanidine groups is 1. The first-order valence-corrected chi connectivity index (χ1v) is 4.42. The zero-order chi connectivity index (χ0) is 12.0. The third-order valence-electron chi connectivity index (χ3n) is 1.69. The molecule has 0 saturated carbocycles. The molecule has 0 fully saturated rings. The number of amides is 1. The number of carbonyl (C=O) groups is 2. The second-order valence-electron chi connectivity index (χ2n) is 2.90. The Labute approximate surface area is 92.3 Å². The van der Waals surface area contributed by atoms with Gasteiger partial charge in [0.15, 0.2) is 5.96 Å². The number of nitrogens with two attached hydrogens (primary N) is 1. The Morgan fingerprint density at radius 3 is 2.81 bits per heavy atom. The molecule has 5 N–H and O–H groups in total. The largest absolute Gasteiger partial charge is 0.370 e. The summed E-state index contributed by atoms with van der Waals surface area (Å²) in [6.07, 6.45) is 0.482. The maximum Gasteiger partial charge on any atom is 0.252 e. The molecule has 0 atom stereocenters. The van der Waals surface area contributed by atoms with E-state index < -0.39 is 5.91 Å². The average molecular weight is 219 g/mol. The van der Waals surface area contributed by atoms with Crippen LogP contribution in [-0.4, -0.2) is 18.2 Å². The third-order valence-corrected chi connectivity index (χ3v) is 1.69. The summed E-state index contributed by atoms with van der Waals surface area (Å²) >= 11 is 0. The zero-order valence-electron chi connectivity index (χ0n) is 8.36. The fourth-order valence-electron chi connectivity index (χ4n) is 1.09. The Balaban J connectivity index is 2.77. The highest BCUT2D eigenvalue weighted by molar-refractivity contribution is 5.98. The van der Waals surface area contributed by atoms with E-state index in [2.05, 4.69) is 10.6 Å². The molecule has 1 aromatic rings. The van der Waals surface area contributed by atoms with Gasteiger partial charge in [0.25, 0.3) is 5.91 Å². The SMILES string of the molecule is N=C(N)Nc1cccc(C(=O)N[CH]C=O)c1. The fraction of sp³-hybridized carbons (Fsp3) is 0. The maximum absolute atomic E-state index is 11.4. The van der Waals surface area contributed by atoms with Crippen molar-refractivity contribution in [3.8, 4) is 0 Å². The van der Waals surface area contributed by atoms with Gasteiger partial charge in [-0.25, -0.2) is 0 Å². The van der Waals surface area contributed by atoms with Gasteiger partial charge in [-0.05, 0) is 18.2 Å². The molecule has 0 saturated heterocycles. The summed E-state index contributed by atoms with van der Waals surface area (Å²) < 4.78 is 0. The molecule has 0 aliphatic carbocycles. The molecule has 0 heterocycles. The predicted octanol–water partition coefficient (Wildman–Crippen LogP) is 0.0825. The Kier molecular flexibility index (Phi) is 4.02. The molecule has 1 radical (unpaired) electrons. The van der Waals surface area contributed by atoms with E-state index >= 15 is 0 Å². The molecule has 0 unspecified atom stereocenters. The van der Waals surface area contributed by atoms with Crippen LogP contribution in [0.3, 0.4) is 0 Å². The van der Waals surface area contributed by atoms with Crippen molar-refractivity contribution in [2.75, 3.05) is 5.32 Å². The van der Waals surface area contributed by atoms with Crippen LogP contribution in [0, 0.1) is 12.0 Å². The van der Waals surface area contributed by atoms with Gasteiger partial charge in [-0.2, -0.15) is 0 Å². The number of hydrogen-bond acceptors (Lipinski definition) is 3. The molecule has 6 heteroatoms. The van der Waals surface area contributed by atoms with Crippen molar-refractivity contribution >= 4 is 23.8 Å². The molecular formula is C10H11N4O2. The summed E-state index contributed by atoms with van der Waals surface area (Å²) in [5.74, 6) is -0.615. The van der Waals surface area contributed by atoms with Gasteiger partial charge in [-0.1, -0.05) is 6.07 Å². The van der Waals surface area contributed by atoms with E-state index in [9.17, 15) is 9.59 Å². The molecule has 0 bridgehead atoms. The summed E-state index contributed by atoms with van der Waals surface area (Å²) in [7, 11) is 0. The summed E-state index contributed by atoms with van der Waals surface area (Å²) in [4.78, 5) is 21.5. The van der Waals surface area contributed by atoms with E-state index in [4.69, 9.17) is 11.1 Å². The van der Waals surface area contributed by atoms with Crippen molar-refractivity contribution in [3.63, 3.8) is 0 Å². The van der Waals surface area contributed by atoms with Crippen molar-refractivity contribution < 1.29 is 9.59 Å². The van der Waals surface area contributed by atoms with E-state index in [0.29, 0.717) is 17.5 Å². The quantitative estimate of drug-likeness (QED) is 0.327. The zero-order valence-corrected chi connectivity index (χ0v) is 8.36. The minimum absolute atomic E-state index is 0.211. The lowest BCUT2D eigenvalue weighted by Gasteiger charge is -2.06. The third kappa shape index (κ3) is 3.41. The van der Waals surface area contributed by atoms with E-state index in [0.717, 1.165) is 6.54 Å². The van der Waals surface area contributed by atoms with Crippen LogP contribution < -0.4 is 16.4 Å². The average Bonchev–Trinajstić information content (AvgIpc) is 2.25. The van der Waals surface area contributed by atoms with Crippen LogP contribution in [0.15, 0.2) is 24.3 Å². The van der Waals surface area contributed by atoms with Crippen LogP contribution in [0.25, 0.3) is 0 Å². The number of aldehydes is 1. The Bertz CT molecular complexity index is 417. The highest BCUT2D eigenvalue weighted by Gasteiger charge is 2.05. The van der Waals surface area contributed by atoms with Gasteiger partial charge in [-0.15, -0.1) is 0 Å². The Morgan fingerprint density at radius 2 is 2.19 bits per heavy atom. The molecular weight excluding hydrogens is 208 g/mol. The van der Waals surface area contributed by atoms with Crippen molar-refractivity contribution in [1.82, 2.24) is 5.32 Å². The normalized spacial score (nSPS) is 9.25. The Hall–Kier alpha value is -2.37. The summed E-state index contributed by atoms with van der Waals surface area (Å²) in [6, 6.07) is 6.41. The Morgan fingerprint density at radius 1 is 1.44 bits per heavy atom. The lowest BCUT2D eigenvalue weighted by Crippen LogP contribution is -2.22. The topological polar surface area (TPSA) is 108 Å². The predicted molar refractivity (Wildman–Crippen MR) is 59.8 cm³/mol. The number of benzene rings is 1. The van der Waals surface area contributed by atoms with Gasteiger partial charge in [0.2, 0.25) is 0 Å². The van der Waals surface area contributed by atoms with Crippen LogP contribution in [0.5, 0.6) is 0 Å². The molecule has 0 spiro atoms. The van der Waals surface area contributed by atoms with Crippen LogP contribution >= 0.6 is 0 Å². The molecule has 0 aromatic heterocycles. The maximum atomic E-state index is 11.4. The first-order chi connectivity index (χ1) is 7.63. The van der Waals surface area contributed by atoms with Gasteiger partial charge in [0, 0.05) is 11.3 Å². The van der Waals surface area contributed by atoms with Gasteiger partial charge < -0.3 is 21.2 Å². The molecule has 1 rings (SSSR count). The highest BCUT2D eigenvalue weighted by atomic mass is 16.2. The van der Waals surface area contributed by atoms with E-state index in [1.54, 1.807) is 18.2 Å². The second-order valence-corrected chi connectivity index (χ2v) is 2.90. The highest BCUT2D eigenvalue weighted by Crippen LogP contribution is 2.09. The van der Waals surface area contributed by atoms with Gasteiger partial charge in [0.05, 0.1) is 0 Å². The number of nitrogens with one attached hydrogen (secondary N) is 3. The van der Waals surface area contributed by atoms with Crippen LogP contribution in [0.4, 0.5) is 5.69 Å². The van der Waals surface area contributed by atoms with E-state index in [-0.39, 0.29) is 5.96 Å².